The summed E-state index contributed by atoms with van der Waals surface area (Å²) >= 11 is 0. The quantitative estimate of drug-likeness (QED) is 0.781. The van der Waals surface area contributed by atoms with Crippen molar-refractivity contribution in [1.82, 2.24) is 19.5 Å². The van der Waals surface area contributed by atoms with E-state index < -0.39 is 11.6 Å². The molecule has 7 heteroatoms. The summed E-state index contributed by atoms with van der Waals surface area (Å²) in [5, 5.41) is 3.13. The van der Waals surface area contributed by atoms with Crippen LogP contribution < -0.4 is 5.56 Å². The molecule has 1 N–H and O–H groups in total. The highest BCUT2D eigenvalue weighted by molar-refractivity contribution is 5.40. The summed E-state index contributed by atoms with van der Waals surface area (Å²) in [5.41, 5.74) is 2.31. The molecular weight excluding hydrogens is 338 g/mol. The molecule has 1 aliphatic heterocycles. The lowest BCUT2D eigenvalue weighted by molar-refractivity contribution is 0.135. The van der Waals surface area contributed by atoms with Crippen LogP contribution in [0.25, 0.3) is 5.65 Å². The summed E-state index contributed by atoms with van der Waals surface area (Å²) < 4.78 is 29.0. The van der Waals surface area contributed by atoms with Crippen molar-refractivity contribution in [2.45, 2.75) is 38.8 Å². The van der Waals surface area contributed by atoms with E-state index in [1.807, 2.05) is 6.07 Å². The Labute approximate surface area is 149 Å². The Hall–Kier alpha value is -2.54. The van der Waals surface area contributed by atoms with E-state index >= 15 is 0 Å². The van der Waals surface area contributed by atoms with Gasteiger partial charge in [-0.2, -0.15) is 0 Å². The van der Waals surface area contributed by atoms with Crippen LogP contribution in [-0.2, 0) is 6.54 Å². The number of hydrogen-bond acceptors (Lipinski definition) is 3. The molecule has 0 bridgehead atoms. The molecule has 0 amide bonds. The molecule has 26 heavy (non-hydrogen) atoms. The van der Waals surface area contributed by atoms with Crippen LogP contribution in [0.2, 0.25) is 0 Å². The minimum Gasteiger partial charge on any atom is -0.292 e. The fourth-order valence-corrected chi connectivity index (χ4v) is 3.72. The van der Waals surface area contributed by atoms with Crippen molar-refractivity contribution in [3.05, 3.63) is 69.3 Å². The summed E-state index contributed by atoms with van der Waals surface area (Å²) in [6.07, 6.45) is 2.94. The molecule has 136 valence electrons. The van der Waals surface area contributed by atoms with Crippen molar-refractivity contribution in [2.75, 3.05) is 6.54 Å². The van der Waals surface area contributed by atoms with E-state index in [1.165, 1.54) is 16.6 Å². The SMILES string of the molecule is Cc1cc(=O)n2[nH]c(C3CCCCN3Cc3cccc(F)c3F)cc2n1. The molecule has 1 unspecified atom stereocenters. The Kier molecular flexibility index (Phi) is 4.32. The number of rotatable bonds is 3. The highest BCUT2D eigenvalue weighted by Gasteiger charge is 2.27. The van der Waals surface area contributed by atoms with Crippen molar-refractivity contribution in [1.29, 1.82) is 0 Å². The second-order valence-corrected chi connectivity index (χ2v) is 6.84. The Morgan fingerprint density at radius 1 is 1.27 bits per heavy atom. The molecule has 0 saturated carbocycles. The largest absolute Gasteiger partial charge is 0.292 e. The molecule has 1 fully saturated rings. The van der Waals surface area contributed by atoms with Gasteiger partial charge >= 0.3 is 0 Å². The minimum atomic E-state index is -0.826. The first kappa shape index (κ1) is 16.9. The first-order valence-electron chi connectivity index (χ1n) is 8.79. The molecule has 1 aromatic carbocycles. The molecule has 0 radical (unpaired) electrons. The number of aromatic nitrogens is 3. The van der Waals surface area contributed by atoms with Crippen LogP contribution in [0.3, 0.4) is 0 Å². The molecule has 1 atom stereocenters. The topological polar surface area (TPSA) is 53.4 Å². The fourth-order valence-electron chi connectivity index (χ4n) is 3.72. The lowest BCUT2D eigenvalue weighted by Crippen LogP contribution is -2.33. The van der Waals surface area contributed by atoms with Crippen molar-refractivity contribution >= 4 is 5.65 Å². The monoisotopic (exact) mass is 358 g/mol. The maximum absolute atomic E-state index is 14.1. The molecule has 3 aromatic rings. The normalized spacial score (nSPS) is 18.5. The van der Waals surface area contributed by atoms with Gasteiger partial charge in [0.05, 0.1) is 11.7 Å². The Morgan fingerprint density at radius 2 is 2.12 bits per heavy atom. The number of likely N-dealkylation sites (tertiary alicyclic amines) is 1. The van der Waals surface area contributed by atoms with Gasteiger partial charge < -0.3 is 0 Å². The van der Waals surface area contributed by atoms with Crippen molar-refractivity contribution in [2.24, 2.45) is 0 Å². The number of fused-ring (bicyclic) bond motifs is 1. The van der Waals surface area contributed by atoms with E-state index in [0.29, 0.717) is 23.4 Å². The van der Waals surface area contributed by atoms with Gasteiger partial charge in [-0.05, 0) is 32.4 Å². The molecule has 2 aromatic heterocycles. The van der Waals surface area contributed by atoms with Gasteiger partial charge in [0.2, 0.25) is 0 Å². The maximum Gasteiger partial charge on any atom is 0.272 e. The van der Waals surface area contributed by atoms with E-state index in [1.54, 1.807) is 13.0 Å². The number of nitrogens with one attached hydrogen (secondary N) is 1. The van der Waals surface area contributed by atoms with Crippen molar-refractivity contribution < 1.29 is 8.78 Å². The molecular formula is C19H20F2N4O. The minimum absolute atomic E-state index is 0.00724. The average molecular weight is 358 g/mol. The molecule has 3 heterocycles. The molecule has 0 aliphatic carbocycles. The second-order valence-electron chi connectivity index (χ2n) is 6.84. The van der Waals surface area contributed by atoms with Gasteiger partial charge in [0.25, 0.3) is 5.56 Å². The zero-order valence-electron chi connectivity index (χ0n) is 14.5. The summed E-state index contributed by atoms with van der Waals surface area (Å²) in [5.74, 6) is -1.62. The third-order valence-electron chi connectivity index (χ3n) is 4.98. The number of H-pyrrole nitrogens is 1. The van der Waals surface area contributed by atoms with E-state index in [2.05, 4.69) is 15.0 Å². The number of halogens is 2. The van der Waals surface area contributed by atoms with Gasteiger partial charge in [-0.25, -0.2) is 18.3 Å². The standard InChI is InChI=1S/C19H20F2N4O/c1-12-9-18(26)25-17(22-12)10-15(23-25)16-7-2-3-8-24(16)11-13-5-4-6-14(20)19(13)21/h4-6,9-10,16,23H,2-3,7-8,11H2,1H3. The first-order chi connectivity index (χ1) is 12.5. The predicted octanol–water partition coefficient (Wildman–Crippen LogP) is 3.34. The van der Waals surface area contributed by atoms with Crippen molar-refractivity contribution in [3.63, 3.8) is 0 Å². The average Bonchev–Trinajstić information content (AvgIpc) is 3.03. The van der Waals surface area contributed by atoms with Crippen LogP contribution in [0.15, 0.2) is 35.1 Å². The third-order valence-corrected chi connectivity index (χ3v) is 4.98. The zero-order chi connectivity index (χ0) is 18.3. The number of nitrogens with zero attached hydrogens (tertiary/aromatic N) is 3. The Bertz CT molecular complexity index is 1010. The lowest BCUT2D eigenvalue weighted by atomic mass is 9.98. The van der Waals surface area contributed by atoms with E-state index in [0.717, 1.165) is 37.6 Å². The Balaban J connectivity index is 1.68. The summed E-state index contributed by atoms with van der Waals surface area (Å²) in [7, 11) is 0. The lowest BCUT2D eigenvalue weighted by Gasteiger charge is -2.35. The highest BCUT2D eigenvalue weighted by Crippen LogP contribution is 2.32. The van der Waals surface area contributed by atoms with Crippen LogP contribution in [-0.4, -0.2) is 26.0 Å². The number of aryl methyl sites for hydroxylation is 1. The van der Waals surface area contributed by atoms with Crippen LogP contribution in [0.1, 0.15) is 42.3 Å². The fraction of sp³-hybridized carbons (Fsp3) is 0.368. The number of piperidine rings is 1. The van der Waals surface area contributed by atoms with Gasteiger partial charge in [0.1, 0.15) is 0 Å². The van der Waals surface area contributed by atoms with E-state index in [4.69, 9.17) is 0 Å². The number of benzene rings is 1. The van der Waals surface area contributed by atoms with Crippen LogP contribution in [0, 0.1) is 18.6 Å². The van der Waals surface area contributed by atoms with Crippen LogP contribution in [0.4, 0.5) is 8.78 Å². The van der Waals surface area contributed by atoms with Gasteiger partial charge in [-0.1, -0.05) is 18.6 Å². The molecule has 5 nitrogen and oxygen atoms in total. The van der Waals surface area contributed by atoms with Crippen LogP contribution >= 0.6 is 0 Å². The van der Waals surface area contributed by atoms with E-state index in [9.17, 15) is 13.6 Å². The second kappa shape index (κ2) is 6.64. The summed E-state index contributed by atoms with van der Waals surface area (Å²) in [6, 6.07) is 7.64. The molecule has 0 spiro atoms. The molecule has 1 aliphatic rings. The summed E-state index contributed by atoms with van der Waals surface area (Å²) in [4.78, 5) is 18.7. The predicted molar refractivity (Wildman–Crippen MR) is 93.9 cm³/mol. The Morgan fingerprint density at radius 3 is 2.96 bits per heavy atom. The summed E-state index contributed by atoms with van der Waals surface area (Å²) in [6.45, 7) is 2.90. The van der Waals surface area contributed by atoms with Crippen LogP contribution in [0.5, 0.6) is 0 Å². The highest BCUT2D eigenvalue weighted by atomic mass is 19.2. The third kappa shape index (κ3) is 3.03. The van der Waals surface area contributed by atoms with E-state index in [-0.39, 0.29) is 11.6 Å². The van der Waals surface area contributed by atoms with Gasteiger partial charge in [-0.15, -0.1) is 0 Å². The van der Waals surface area contributed by atoms with Gasteiger partial charge in [0, 0.05) is 29.9 Å². The number of aromatic amines is 1. The molecule has 4 rings (SSSR count). The van der Waals surface area contributed by atoms with Gasteiger partial charge in [0.15, 0.2) is 17.3 Å². The first-order valence-corrected chi connectivity index (χ1v) is 8.79. The number of hydrogen-bond donors (Lipinski definition) is 1. The smallest absolute Gasteiger partial charge is 0.272 e. The zero-order valence-corrected chi connectivity index (χ0v) is 14.5. The maximum atomic E-state index is 14.1. The molecule has 1 saturated heterocycles. The van der Waals surface area contributed by atoms with Gasteiger partial charge in [-0.3, -0.25) is 14.8 Å². The van der Waals surface area contributed by atoms with Crippen molar-refractivity contribution in [3.8, 4) is 0 Å².